The number of hydrogen-bond acceptors (Lipinski definition) is 3. The number of aromatic nitrogens is 1. The lowest BCUT2D eigenvalue weighted by Gasteiger charge is -2.00. The molecular weight excluding hydrogens is 261 g/mol. The topological polar surface area (TPSA) is 59.2 Å². The molecule has 3 rings (SSSR count). The molecule has 5 heteroatoms. The van der Waals surface area contributed by atoms with Crippen LogP contribution in [0.3, 0.4) is 0 Å². The van der Waals surface area contributed by atoms with Crippen LogP contribution in [0, 0.1) is 12.7 Å². The van der Waals surface area contributed by atoms with Gasteiger partial charge >= 0.3 is 5.97 Å². The molecule has 20 heavy (non-hydrogen) atoms. The summed E-state index contributed by atoms with van der Waals surface area (Å²) in [7, 11) is 0. The fourth-order valence-electron chi connectivity index (χ4n) is 2.15. The largest absolute Gasteiger partial charge is 0.422 e. The molecule has 1 N–H and O–H groups in total. The minimum atomic E-state index is -0.691. The van der Waals surface area contributed by atoms with Crippen LogP contribution < -0.4 is 5.56 Å². The van der Waals surface area contributed by atoms with Crippen molar-refractivity contribution in [3.63, 3.8) is 0 Å². The van der Waals surface area contributed by atoms with Crippen molar-refractivity contribution in [2.24, 2.45) is 0 Å². The Kier molecular flexibility index (Phi) is 2.75. The maximum Gasteiger partial charge on any atom is 0.349 e. The molecule has 100 valence electrons. The van der Waals surface area contributed by atoms with Crippen LogP contribution in [0.25, 0.3) is 11.8 Å². The van der Waals surface area contributed by atoms with Crippen molar-refractivity contribution in [1.82, 2.24) is 4.98 Å². The number of benzene rings is 1. The molecule has 1 aromatic heterocycles. The molecule has 0 bridgehead atoms. The summed E-state index contributed by atoms with van der Waals surface area (Å²) in [5.41, 5.74) is 1.11. The number of halogens is 1. The molecule has 0 spiro atoms. The van der Waals surface area contributed by atoms with E-state index in [4.69, 9.17) is 4.74 Å². The van der Waals surface area contributed by atoms with E-state index in [0.717, 1.165) is 0 Å². The molecule has 1 aliphatic rings. The molecule has 1 aromatic carbocycles. The third kappa shape index (κ3) is 2.03. The maximum atomic E-state index is 13.1. The number of H-pyrrole nitrogens is 1. The molecular formula is C15H10FNO3. The highest BCUT2D eigenvalue weighted by atomic mass is 19.1. The van der Waals surface area contributed by atoms with E-state index in [1.54, 1.807) is 25.1 Å². The third-order valence-electron chi connectivity index (χ3n) is 2.99. The second kappa shape index (κ2) is 4.45. The summed E-state index contributed by atoms with van der Waals surface area (Å²) in [5, 5.41) is 0. The van der Waals surface area contributed by atoms with Crippen molar-refractivity contribution in [2.75, 3.05) is 0 Å². The van der Waals surface area contributed by atoms with E-state index in [2.05, 4.69) is 4.98 Å². The highest BCUT2D eigenvalue weighted by Gasteiger charge is 2.29. The zero-order valence-electron chi connectivity index (χ0n) is 10.6. The number of esters is 1. The quantitative estimate of drug-likeness (QED) is 0.811. The Hall–Kier alpha value is -2.69. The Morgan fingerprint density at radius 3 is 2.80 bits per heavy atom. The summed E-state index contributed by atoms with van der Waals surface area (Å²) >= 11 is 0. The number of rotatable bonds is 1. The van der Waals surface area contributed by atoms with Gasteiger partial charge in [-0.05, 0) is 36.8 Å². The average Bonchev–Trinajstić information content (AvgIpc) is 2.66. The number of ether oxygens (including phenoxy) is 1. The van der Waals surface area contributed by atoms with Gasteiger partial charge in [0.05, 0.1) is 0 Å². The number of carbonyl (C=O) groups is 1. The molecule has 0 atom stereocenters. The van der Waals surface area contributed by atoms with Gasteiger partial charge in [0.15, 0.2) is 0 Å². The molecule has 0 fully saturated rings. The Morgan fingerprint density at radius 2 is 2.05 bits per heavy atom. The molecule has 0 saturated heterocycles. The summed E-state index contributed by atoms with van der Waals surface area (Å²) in [5.74, 6) is -0.820. The average molecular weight is 271 g/mol. The Morgan fingerprint density at radius 1 is 1.25 bits per heavy atom. The van der Waals surface area contributed by atoms with Crippen molar-refractivity contribution in [2.45, 2.75) is 6.92 Å². The van der Waals surface area contributed by atoms with Crippen LogP contribution in [-0.2, 0) is 4.74 Å². The number of hydrogen-bond donors (Lipinski definition) is 1. The van der Waals surface area contributed by atoms with E-state index < -0.39 is 11.5 Å². The second-order valence-corrected chi connectivity index (χ2v) is 4.52. The van der Waals surface area contributed by atoms with Gasteiger partial charge in [0.2, 0.25) is 0 Å². The number of cyclic esters (lactones) is 1. The first-order chi connectivity index (χ1) is 9.54. The van der Waals surface area contributed by atoms with E-state index in [0.29, 0.717) is 16.8 Å². The van der Waals surface area contributed by atoms with E-state index in [1.165, 1.54) is 18.2 Å². The van der Waals surface area contributed by atoms with Crippen LogP contribution in [0.4, 0.5) is 4.39 Å². The first kappa shape index (κ1) is 12.3. The summed E-state index contributed by atoms with van der Waals surface area (Å²) < 4.78 is 18.2. The van der Waals surface area contributed by atoms with Crippen molar-refractivity contribution in [1.29, 1.82) is 0 Å². The Balaban J connectivity index is 2.16. The van der Waals surface area contributed by atoms with E-state index in [1.807, 2.05) is 0 Å². The normalized spacial score (nSPS) is 15.3. The predicted octanol–water partition coefficient (Wildman–Crippen LogP) is 2.49. The molecule has 2 heterocycles. The van der Waals surface area contributed by atoms with Crippen molar-refractivity contribution >= 4 is 17.8 Å². The molecule has 4 nitrogen and oxygen atoms in total. The summed E-state index contributed by atoms with van der Waals surface area (Å²) in [4.78, 5) is 26.0. The number of nitrogens with one attached hydrogen (secondary N) is 1. The van der Waals surface area contributed by atoms with Crippen LogP contribution in [0.5, 0.6) is 0 Å². The van der Waals surface area contributed by atoms with Gasteiger partial charge in [-0.1, -0.05) is 12.1 Å². The second-order valence-electron chi connectivity index (χ2n) is 4.52. The van der Waals surface area contributed by atoms with E-state index in [-0.39, 0.29) is 17.1 Å². The number of pyridine rings is 1. The zero-order valence-corrected chi connectivity index (χ0v) is 10.6. The van der Waals surface area contributed by atoms with Gasteiger partial charge in [0, 0.05) is 11.3 Å². The van der Waals surface area contributed by atoms with Gasteiger partial charge < -0.3 is 9.72 Å². The highest BCUT2D eigenvalue weighted by molar-refractivity contribution is 6.05. The minimum Gasteiger partial charge on any atom is -0.422 e. The van der Waals surface area contributed by atoms with Gasteiger partial charge in [-0.15, -0.1) is 0 Å². The van der Waals surface area contributed by atoms with E-state index in [9.17, 15) is 14.0 Å². The molecule has 0 radical (unpaired) electrons. The van der Waals surface area contributed by atoms with Crippen LogP contribution in [0.2, 0.25) is 0 Å². The summed E-state index contributed by atoms with van der Waals surface area (Å²) in [6.45, 7) is 1.71. The zero-order chi connectivity index (χ0) is 14.3. The van der Waals surface area contributed by atoms with Crippen molar-refractivity contribution in [3.05, 3.63) is 68.9 Å². The maximum absolute atomic E-state index is 13.1. The molecule has 2 aromatic rings. The highest BCUT2D eigenvalue weighted by Crippen LogP contribution is 2.29. The standard InChI is InChI=1S/C15H10FNO3/c1-8-5-11-12(7-9-3-2-4-10(16)6-9)20-15(19)13(11)14(18)17-8/h2-7H,1H3,(H,17,18). The van der Waals surface area contributed by atoms with Gasteiger partial charge in [-0.25, -0.2) is 9.18 Å². The van der Waals surface area contributed by atoms with Crippen LogP contribution in [0.1, 0.15) is 27.2 Å². The lowest BCUT2D eigenvalue weighted by molar-refractivity contribution is 0.0715. The lowest BCUT2D eigenvalue weighted by atomic mass is 10.1. The summed E-state index contributed by atoms with van der Waals surface area (Å²) in [6.07, 6.45) is 1.53. The lowest BCUT2D eigenvalue weighted by Crippen LogP contribution is -2.16. The van der Waals surface area contributed by atoms with E-state index >= 15 is 0 Å². The molecule has 0 aliphatic carbocycles. The number of fused-ring (bicyclic) bond motifs is 1. The first-order valence-corrected chi connectivity index (χ1v) is 5.98. The molecule has 1 aliphatic heterocycles. The fourth-order valence-corrected chi connectivity index (χ4v) is 2.15. The molecule has 0 amide bonds. The predicted molar refractivity (Wildman–Crippen MR) is 71.5 cm³/mol. The molecule has 0 unspecified atom stereocenters. The van der Waals surface area contributed by atoms with Gasteiger partial charge in [-0.3, -0.25) is 4.79 Å². The first-order valence-electron chi connectivity index (χ1n) is 5.98. The Labute approximate surface area is 113 Å². The van der Waals surface area contributed by atoms with Gasteiger partial charge in [0.1, 0.15) is 17.1 Å². The number of carbonyl (C=O) groups excluding carboxylic acids is 1. The third-order valence-corrected chi connectivity index (χ3v) is 2.99. The molecule has 0 saturated carbocycles. The Bertz CT molecular complexity index is 805. The smallest absolute Gasteiger partial charge is 0.349 e. The van der Waals surface area contributed by atoms with Crippen molar-refractivity contribution < 1.29 is 13.9 Å². The number of aryl methyl sites for hydroxylation is 1. The van der Waals surface area contributed by atoms with Gasteiger partial charge in [-0.2, -0.15) is 0 Å². The summed E-state index contributed by atoms with van der Waals surface area (Å²) in [6, 6.07) is 7.54. The van der Waals surface area contributed by atoms with Crippen molar-refractivity contribution in [3.8, 4) is 0 Å². The van der Waals surface area contributed by atoms with Gasteiger partial charge in [0.25, 0.3) is 5.56 Å². The van der Waals surface area contributed by atoms with Crippen LogP contribution in [0.15, 0.2) is 35.1 Å². The monoisotopic (exact) mass is 271 g/mol. The fraction of sp³-hybridized carbons (Fsp3) is 0.0667. The number of aromatic amines is 1. The van der Waals surface area contributed by atoms with Crippen LogP contribution >= 0.6 is 0 Å². The van der Waals surface area contributed by atoms with Crippen LogP contribution in [-0.4, -0.2) is 11.0 Å². The SMILES string of the molecule is Cc1cc2c(c(=O)[nH]1)C(=O)OC2=Cc1cccc(F)c1. The minimum absolute atomic E-state index is 0.0155.